The summed E-state index contributed by atoms with van der Waals surface area (Å²) in [6.45, 7) is 1.65. The number of aryl methyl sites for hydroxylation is 2. The zero-order chi connectivity index (χ0) is 39.0. The lowest BCUT2D eigenvalue weighted by Crippen LogP contribution is -2.53. The van der Waals surface area contributed by atoms with E-state index in [9.17, 15) is 27.6 Å². The lowest BCUT2D eigenvalue weighted by atomic mass is 9.88. The number of alkyl halides is 3. The van der Waals surface area contributed by atoms with E-state index in [0.29, 0.717) is 45.8 Å². The molecule has 2 saturated heterocycles. The first-order valence-electron chi connectivity index (χ1n) is 17.9. The van der Waals surface area contributed by atoms with Gasteiger partial charge in [0.05, 0.1) is 39.6 Å². The van der Waals surface area contributed by atoms with Crippen LogP contribution in [-0.2, 0) is 31.5 Å². The van der Waals surface area contributed by atoms with Gasteiger partial charge < -0.3 is 15.4 Å². The van der Waals surface area contributed by atoms with Crippen LogP contribution in [0, 0.1) is 0 Å². The third-order valence-corrected chi connectivity index (χ3v) is 12.0. The van der Waals surface area contributed by atoms with Gasteiger partial charge in [0.2, 0.25) is 11.8 Å². The molecule has 1 amide bonds. The maximum absolute atomic E-state index is 14.0. The van der Waals surface area contributed by atoms with Crippen molar-refractivity contribution in [3.05, 3.63) is 96.2 Å². The SMILES string of the molecule is COc1nc(-c2cccc(-c3cccc(Nc4nc(C(F)(F)F)cc5c4c(=O)n(C)c(=O)n5C)c3Cl)c2Cl)cc2c1[C@H](N1CC[C@]3(CCCC(=O)N3)C1)CC2. The normalized spacial score (nSPS) is 19.9. The van der Waals surface area contributed by atoms with Gasteiger partial charge in [0, 0.05) is 61.9 Å². The van der Waals surface area contributed by atoms with E-state index in [4.69, 9.17) is 32.9 Å². The molecule has 3 aromatic heterocycles. The Balaban J connectivity index is 1.15. The van der Waals surface area contributed by atoms with Crippen LogP contribution in [0.25, 0.3) is 33.3 Å². The summed E-state index contributed by atoms with van der Waals surface area (Å²) >= 11 is 14.1. The zero-order valence-corrected chi connectivity index (χ0v) is 31.6. The number of benzene rings is 2. The van der Waals surface area contributed by atoms with E-state index >= 15 is 0 Å². The number of nitrogens with zero attached hydrogens (tertiary/aromatic N) is 5. The summed E-state index contributed by atoms with van der Waals surface area (Å²) in [5, 5.41) is 6.34. The molecular formula is C39H36Cl2F3N7O4. The molecule has 2 fully saturated rings. The number of aromatic nitrogens is 4. The Morgan fingerprint density at radius 3 is 2.40 bits per heavy atom. The Labute approximate surface area is 323 Å². The van der Waals surface area contributed by atoms with Crippen LogP contribution < -0.4 is 26.6 Å². The van der Waals surface area contributed by atoms with E-state index in [1.165, 1.54) is 20.2 Å². The fraction of sp³-hybridized carbons (Fsp3) is 0.359. The van der Waals surface area contributed by atoms with Crippen LogP contribution in [0.4, 0.5) is 24.7 Å². The number of halogens is 5. The van der Waals surface area contributed by atoms with E-state index in [2.05, 4.69) is 20.5 Å². The Bertz CT molecular complexity index is 2540. The molecular weight excluding hydrogens is 758 g/mol. The molecule has 1 aliphatic carbocycles. The molecule has 3 aliphatic rings. The van der Waals surface area contributed by atoms with Crippen molar-refractivity contribution < 1.29 is 22.7 Å². The number of nitrogens with one attached hydrogen (secondary N) is 2. The summed E-state index contributed by atoms with van der Waals surface area (Å²) in [7, 11) is 4.11. The molecule has 2 atom stereocenters. The van der Waals surface area contributed by atoms with Gasteiger partial charge in [-0.3, -0.25) is 23.6 Å². The van der Waals surface area contributed by atoms with Crippen LogP contribution in [-0.4, -0.2) is 55.6 Å². The number of methoxy groups -OCH3 is 1. The van der Waals surface area contributed by atoms with Crippen molar-refractivity contribution in [2.45, 2.75) is 56.3 Å². The molecule has 2 aliphatic heterocycles. The molecule has 16 heteroatoms. The van der Waals surface area contributed by atoms with Gasteiger partial charge in [0.25, 0.3) is 5.56 Å². The average molecular weight is 795 g/mol. The minimum absolute atomic E-state index is 0.106. The van der Waals surface area contributed by atoms with Crippen LogP contribution in [0.3, 0.4) is 0 Å². The predicted molar refractivity (Wildman–Crippen MR) is 204 cm³/mol. The molecule has 8 rings (SSSR count). The number of fused-ring (bicyclic) bond motifs is 2. The first-order valence-corrected chi connectivity index (χ1v) is 18.6. The van der Waals surface area contributed by atoms with Crippen molar-refractivity contribution in [2.24, 2.45) is 14.1 Å². The number of carbonyl (C=O) groups excluding carboxylic acids is 1. The van der Waals surface area contributed by atoms with E-state index in [-0.39, 0.29) is 39.1 Å². The van der Waals surface area contributed by atoms with Gasteiger partial charge in [0.15, 0.2) is 0 Å². The predicted octanol–water partition coefficient (Wildman–Crippen LogP) is 7.17. The Morgan fingerprint density at radius 2 is 1.67 bits per heavy atom. The maximum atomic E-state index is 14.0. The van der Waals surface area contributed by atoms with E-state index in [1.807, 2.05) is 18.2 Å². The van der Waals surface area contributed by atoms with Gasteiger partial charge in [-0.05, 0) is 55.9 Å². The smallest absolute Gasteiger partial charge is 0.433 e. The van der Waals surface area contributed by atoms with Crippen LogP contribution >= 0.6 is 23.2 Å². The van der Waals surface area contributed by atoms with E-state index < -0.39 is 28.9 Å². The quantitative estimate of drug-likeness (QED) is 0.186. The first kappa shape index (κ1) is 37.0. The second kappa shape index (κ2) is 13.7. The van der Waals surface area contributed by atoms with Gasteiger partial charge in [0.1, 0.15) is 16.9 Å². The molecule has 2 N–H and O–H groups in total. The van der Waals surface area contributed by atoms with Crippen LogP contribution in [0.2, 0.25) is 10.0 Å². The first-order chi connectivity index (χ1) is 26.2. The Kier molecular flexibility index (Phi) is 9.21. The number of ether oxygens (including phenoxy) is 1. The Hall–Kier alpha value is -4.92. The molecule has 5 aromatic rings. The number of carbonyl (C=O) groups is 1. The minimum Gasteiger partial charge on any atom is -0.481 e. The molecule has 1 spiro atoms. The average Bonchev–Trinajstić information content (AvgIpc) is 3.77. The number of anilines is 2. The number of piperidine rings is 1. The summed E-state index contributed by atoms with van der Waals surface area (Å²) < 4.78 is 49.6. The maximum Gasteiger partial charge on any atom is 0.433 e. The number of pyridine rings is 2. The molecule has 286 valence electrons. The van der Waals surface area contributed by atoms with Crippen molar-refractivity contribution in [1.29, 1.82) is 0 Å². The fourth-order valence-corrected chi connectivity index (χ4v) is 9.05. The fourth-order valence-electron chi connectivity index (χ4n) is 8.45. The molecule has 11 nitrogen and oxygen atoms in total. The van der Waals surface area contributed by atoms with Crippen molar-refractivity contribution in [1.82, 2.24) is 29.3 Å². The van der Waals surface area contributed by atoms with Gasteiger partial charge in [-0.25, -0.2) is 14.8 Å². The monoisotopic (exact) mass is 793 g/mol. The highest BCUT2D eigenvalue weighted by molar-refractivity contribution is 6.39. The zero-order valence-electron chi connectivity index (χ0n) is 30.1. The van der Waals surface area contributed by atoms with Gasteiger partial charge in [-0.2, -0.15) is 13.2 Å². The molecule has 5 heterocycles. The lowest BCUT2D eigenvalue weighted by molar-refractivity contribution is -0.141. The van der Waals surface area contributed by atoms with Gasteiger partial charge >= 0.3 is 11.9 Å². The lowest BCUT2D eigenvalue weighted by Gasteiger charge is -2.35. The number of hydrogen-bond donors (Lipinski definition) is 2. The van der Waals surface area contributed by atoms with Gasteiger partial charge in [-0.15, -0.1) is 0 Å². The number of hydrogen-bond acceptors (Lipinski definition) is 8. The van der Waals surface area contributed by atoms with E-state index in [0.717, 1.165) is 65.5 Å². The highest BCUT2D eigenvalue weighted by Crippen LogP contribution is 2.47. The molecule has 55 heavy (non-hydrogen) atoms. The summed E-state index contributed by atoms with van der Waals surface area (Å²) in [5.41, 5.74) is 1.19. The summed E-state index contributed by atoms with van der Waals surface area (Å²) in [5.74, 6) is 0.216. The number of amides is 1. The second-order valence-corrected chi connectivity index (χ2v) is 15.2. The summed E-state index contributed by atoms with van der Waals surface area (Å²) in [4.78, 5) is 49.3. The highest BCUT2D eigenvalue weighted by atomic mass is 35.5. The van der Waals surface area contributed by atoms with Crippen molar-refractivity contribution >= 4 is 51.5 Å². The molecule has 2 aromatic carbocycles. The highest BCUT2D eigenvalue weighted by Gasteiger charge is 2.45. The van der Waals surface area contributed by atoms with E-state index in [1.54, 1.807) is 25.3 Å². The van der Waals surface area contributed by atoms with Crippen molar-refractivity contribution in [3.63, 3.8) is 0 Å². The van der Waals surface area contributed by atoms with Crippen LogP contribution in [0.1, 0.15) is 55.0 Å². The second-order valence-electron chi connectivity index (χ2n) is 14.5. The summed E-state index contributed by atoms with van der Waals surface area (Å²) in [6.07, 6.45) is 0.191. The van der Waals surface area contributed by atoms with Crippen molar-refractivity contribution in [2.75, 3.05) is 25.5 Å². The summed E-state index contributed by atoms with van der Waals surface area (Å²) in [6, 6.07) is 13.2. The topological polar surface area (TPSA) is 123 Å². The number of likely N-dealkylation sites (tertiary alicyclic amines) is 1. The largest absolute Gasteiger partial charge is 0.481 e. The number of rotatable bonds is 6. The standard InChI is InChI=1S/C39H36Cl2F3N7O4/c1-49-27-18-28(39(42,43)44)47-34(31(27)36(53)50(2)37(49)54)45-24-10-5-8-22(33(24)41)21-7-4-9-23(32(21)40)25-17-20-12-13-26(30(20)35(46-25)55-3)51-16-15-38(19-51)14-6-11-29(52)48-38/h4-5,7-10,17-18,26H,6,11-16,19H2,1-3H3,(H,45,47)(H,48,52)/t26-,38-/m1/s1. The molecule has 0 unspecified atom stereocenters. The van der Waals surface area contributed by atoms with Crippen molar-refractivity contribution in [3.8, 4) is 28.3 Å². The molecule has 0 radical (unpaired) electrons. The third kappa shape index (κ3) is 6.33. The molecule has 0 bridgehead atoms. The van der Waals surface area contributed by atoms with Crippen LogP contribution in [0.15, 0.2) is 58.1 Å². The Morgan fingerprint density at radius 1 is 0.945 bits per heavy atom. The minimum atomic E-state index is -4.87. The third-order valence-electron chi connectivity index (χ3n) is 11.2. The van der Waals surface area contributed by atoms with Gasteiger partial charge in [-0.1, -0.05) is 53.5 Å². The van der Waals surface area contributed by atoms with Crippen LogP contribution in [0.5, 0.6) is 5.88 Å². The molecule has 0 saturated carbocycles.